The Hall–Kier alpha value is -2.65. The number of rotatable bonds is 8. The smallest absolute Gasteiger partial charge is 0.325 e. The Morgan fingerprint density at radius 3 is 2.21 bits per heavy atom. The number of amides is 2. The summed E-state index contributed by atoms with van der Waals surface area (Å²) >= 11 is 0. The molecule has 0 radical (unpaired) electrons. The van der Waals surface area contributed by atoms with Gasteiger partial charge < -0.3 is 31.7 Å². The lowest BCUT2D eigenvalue weighted by molar-refractivity contribution is -0.142. The number of nitrogens with one attached hydrogen (secondary N) is 2. The number of aliphatic hydroxyl groups is 1. The highest BCUT2D eigenvalue weighted by molar-refractivity contribution is 5.91. The fourth-order valence-corrected chi connectivity index (χ4v) is 1.83. The van der Waals surface area contributed by atoms with Crippen LogP contribution in [-0.2, 0) is 20.8 Å². The van der Waals surface area contributed by atoms with Gasteiger partial charge in [0.2, 0.25) is 11.8 Å². The van der Waals surface area contributed by atoms with Crippen molar-refractivity contribution >= 4 is 17.8 Å². The second-order valence-electron chi connectivity index (χ2n) is 5.29. The van der Waals surface area contributed by atoms with Gasteiger partial charge in [-0.05, 0) is 31.0 Å². The van der Waals surface area contributed by atoms with Gasteiger partial charge in [-0.2, -0.15) is 0 Å². The number of carboxylic acids is 1. The number of hydrogen-bond acceptors (Lipinski definition) is 6. The van der Waals surface area contributed by atoms with Gasteiger partial charge in [-0.3, -0.25) is 14.4 Å². The molecule has 2 amide bonds. The first-order chi connectivity index (χ1) is 11.2. The number of nitrogens with two attached hydrogens (primary N) is 1. The first-order valence-corrected chi connectivity index (χ1v) is 7.22. The summed E-state index contributed by atoms with van der Waals surface area (Å²) in [5.74, 6) is -2.64. The average molecular weight is 339 g/mol. The number of phenols is 1. The Balaban J connectivity index is 2.60. The van der Waals surface area contributed by atoms with Crippen LogP contribution in [0.5, 0.6) is 5.75 Å². The van der Waals surface area contributed by atoms with E-state index < -0.39 is 42.5 Å². The van der Waals surface area contributed by atoms with Gasteiger partial charge in [-0.15, -0.1) is 0 Å². The standard InChI is InChI=1S/C15H21N3O6/c1-8(15(23)24)17-14(22)12(7-19)18-13(21)11(16)6-9-2-4-10(20)5-3-9/h2-5,8,11-12,19-20H,6-7,16H2,1H3,(H,17,22)(H,18,21)(H,23,24). The summed E-state index contributed by atoms with van der Waals surface area (Å²) in [7, 11) is 0. The summed E-state index contributed by atoms with van der Waals surface area (Å²) in [5, 5.41) is 31.6. The van der Waals surface area contributed by atoms with Gasteiger partial charge in [0, 0.05) is 0 Å². The number of carboxylic acid groups (broad SMARTS) is 1. The Bertz CT molecular complexity index is 589. The van der Waals surface area contributed by atoms with Crippen LogP contribution in [0.3, 0.4) is 0 Å². The topological polar surface area (TPSA) is 162 Å². The molecule has 9 heteroatoms. The van der Waals surface area contributed by atoms with E-state index in [1.807, 2.05) is 0 Å². The van der Waals surface area contributed by atoms with Gasteiger partial charge in [-0.1, -0.05) is 12.1 Å². The van der Waals surface area contributed by atoms with E-state index in [2.05, 4.69) is 10.6 Å². The van der Waals surface area contributed by atoms with Crippen molar-refractivity contribution in [2.45, 2.75) is 31.5 Å². The second kappa shape index (κ2) is 8.85. The minimum Gasteiger partial charge on any atom is -0.508 e. The molecule has 9 nitrogen and oxygen atoms in total. The Morgan fingerprint density at radius 2 is 1.71 bits per heavy atom. The van der Waals surface area contributed by atoms with Crippen LogP contribution in [0.1, 0.15) is 12.5 Å². The quantitative estimate of drug-likeness (QED) is 0.330. The number of carbonyl (C=O) groups excluding carboxylic acids is 2. The van der Waals surface area contributed by atoms with Crippen molar-refractivity contribution < 1.29 is 29.7 Å². The molecule has 1 rings (SSSR count). The van der Waals surface area contributed by atoms with Gasteiger partial charge in [0.15, 0.2) is 0 Å². The van der Waals surface area contributed by atoms with E-state index in [-0.39, 0.29) is 12.2 Å². The maximum Gasteiger partial charge on any atom is 0.325 e. The number of phenolic OH excluding ortho intramolecular Hbond substituents is 1. The molecule has 132 valence electrons. The van der Waals surface area contributed by atoms with Crippen LogP contribution in [-0.4, -0.2) is 57.8 Å². The lowest BCUT2D eigenvalue weighted by atomic mass is 10.1. The maximum absolute atomic E-state index is 12.0. The molecule has 3 unspecified atom stereocenters. The van der Waals surface area contributed by atoms with Crippen molar-refractivity contribution in [2.24, 2.45) is 5.73 Å². The van der Waals surface area contributed by atoms with Gasteiger partial charge in [0.25, 0.3) is 0 Å². The van der Waals surface area contributed by atoms with Gasteiger partial charge >= 0.3 is 5.97 Å². The van der Waals surface area contributed by atoms with Crippen molar-refractivity contribution in [3.8, 4) is 5.75 Å². The molecule has 3 atom stereocenters. The predicted octanol–water partition coefficient (Wildman–Crippen LogP) is -1.67. The third kappa shape index (κ3) is 5.86. The van der Waals surface area contributed by atoms with Crippen molar-refractivity contribution in [1.29, 1.82) is 0 Å². The highest BCUT2D eigenvalue weighted by Crippen LogP contribution is 2.10. The lowest BCUT2D eigenvalue weighted by Crippen LogP contribution is -2.55. The van der Waals surface area contributed by atoms with Crippen LogP contribution in [0, 0.1) is 0 Å². The molecule has 0 aliphatic carbocycles. The Morgan fingerprint density at radius 1 is 1.12 bits per heavy atom. The zero-order valence-electron chi connectivity index (χ0n) is 13.1. The van der Waals surface area contributed by atoms with Crippen LogP contribution in [0.2, 0.25) is 0 Å². The predicted molar refractivity (Wildman–Crippen MR) is 84.0 cm³/mol. The van der Waals surface area contributed by atoms with Crippen molar-refractivity contribution in [3.63, 3.8) is 0 Å². The molecule has 0 aliphatic heterocycles. The van der Waals surface area contributed by atoms with E-state index in [9.17, 15) is 24.6 Å². The molecule has 0 saturated heterocycles. The maximum atomic E-state index is 12.0. The molecule has 0 aliphatic rings. The van der Waals surface area contributed by atoms with E-state index in [1.54, 1.807) is 12.1 Å². The SMILES string of the molecule is CC(NC(=O)C(CO)NC(=O)C(N)Cc1ccc(O)cc1)C(=O)O. The van der Waals surface area contributed by atoms with Crippen molar-refractivity contribution in [1.82, 2.24) is 10.6 Å². The summed E-state index contributed by atoms with van der Waals surface area (Å²) in [4.78, 5) is 34.5. The highest BCUT2D eigenvalue weighted by atomic mass is 16.4. The molecule has 0 fully saturated rings. The fourth-order valence-electron chi connectivity index (χ4n) is 1.83. The van der Waals surface area contributed by atoms with E-state index in [1.165, 1.54) is 19.1 Å². The minimum atomic E-state index is -1.30. The zero-order chi connectivity index (χ0) is 18.3. The largest absolute Gasteiger partial charge is 0.508 e. The number of aliphatic carboxylic acids is 1. The minimum absolute atomic E-state index is 0.0846. The first-order valence-electron chi connectivity index (χ1n) is 7.22. The van der Waals surface area contributed by atoms with Crippen molar-refractivity contribution in [3.05, 3.63) is 29.8 Å². The normalized spacial score (nSPS) is 14.3. The fraction of sp³-hybridized carbons (Fsp3) is 0.400. The summed E-state index contributed by atoms with van der Waals surface area (Å²) < 4.78 is 0. The second-order valence-corrected chi connectivity index (χ2v) is 5.29. The average Bonchev–Trinajstić information content (AvgIpc) is 2.53. The van der Waals surface area contributed by atoms with Crippen LogP contribution >= 0.6 is 0 Å². The molecule has 0 spiro atoms. The molecule has 0 aromatic heterocycles. The summed E-state index contributed by atoms with van der Waals surface area (Å²) in [5.41, 5.74) is 6.47. The Labute approximate surface area is 138 Å². The number of hydrogen-bond donors (Lipinski definition) is 6. The third-order valence-electron chi connectivity index (χ3n) is 3.27. The first kappa shape index (κ1) is 19.4. The van der Waals surface area contributed by atoms with E-state index >= 15 is 0 Å². The zero-order valence-corrected chi connectivity index (χ0v) is 13.1. The van der Waals surface area contributed by atoms with Crippen LogP contribution in [0.15, 0.2) is 24.3 Å². The van der Waals surface area contributed by atoms with Crippen LogP contribution < -0.4 is 16.4 Å². The molecule has 0 saturated carbocycles. The molecular formula is C15H21N3O6. The molecule has 24 heavy (non-hydrogen) atoms. The third-order valence-corrected chi connectivity index (χ3v) is 3.27. The summed E-state index contributed by atoms with van der Waals surface area (Å²) in [6.07, 6.45) is 0.164. The monoisotopic (exact) mass is 339 g/mol. The molecule has 7 N–H and O–H groups in total. The number of benzene rings is 1. The Kier molecular flexibility index (Phi) is 7.15. The van der Waals surface area contributed by atoms with Crippen molar-refractivity contribution in [2.75, 3.05) is 6.61 Å². The lowest BCUT2D eigenvalue weighted by Gasteiger charge is -2.20. The summed E-state index contributed by atoms with van der Waals surface area (Å²) in [6, 6.07) is 2.68. The molecule has 0 heterocycles. The van der Waals surface area contributed by atoms with E-state index in [4.69, 9.17) is 10.8 Å². The van der Waals surface area contributed by atoms with E-state index in [0.717, 1.165) is 0 Å². The molecule has 0 bridgehead atoms. The van der Waals surface area contributed by atoms with E-state index in [0.29, 0.717) is 5.56 Å². The number of aliphatic hydroxyl groups excluding tert-OH is 1. The molecule has 1 aromatic carbocycles. The van der Waals surface area contributed by atoms with Gasteiger partial charge in [0.1, 0.15) is 17.8 Å². The summed E-state index contributed by atoms with van der Waals surface area (Å²) in [6.45, 7) is 0.558. The highest BCUT2D eigenvalue weighted by Gasteiger charge is 2.25. The molecular weight excluding hydrogens is 318 g/mol. The van der Waals surface area contributed by atoms with Gasteiger partial charge in [-0.25, -0.2) is 0 Å². The number of aromatic hydroxyl groups is 1. The van der Waals surface area contributed by atoms with Gasteiger partial charge in [0.05, 0.1) is 12.6 Å². The number of carbonyl (C=O) groups is 3. The van der Waals surface area contributed by atoms with Crippen LogP contribution in [0.25, 0.3) is 0 Å². The van der Waals surface area contributed by atoms with Crippen LogP contribution in [0.4, 0.5) is 0 Å². The molecule has 1 aromatic rings.